The number of rotatable bonds is 7. The number of benzene rings is 2. The van der Waals surface area contributed by atoms with Crippen molar-refractivity contribution in [3.8, 4) is 0 Å². The van der Waals surface area contributed by atoms with Crippen LogP contribution in [0.15, 0.2) is 42.5 Å². The van der Waals surface area contributed by atoms with Crippen molar-refractivity contribution in [1.82, 2.24) is 10.9 Å². The summed E-state index contributed by atoms with van der Waals surface area (Å²) in [6, 6.07) is 10.8. The molecule has 1 heterocycles. The molecular formula is C23H31FN4O3S. The minimum atomic E-state index is -3.91. The Morgan fingerprint density at radius 1 is 1.09 bits per heavy atom. The highest BCUT2D eigenvalue weighted by Crippen LogP contribution is 2.27. The van der Waals surface area contributed by atoms with E-state index in [2.05, 4.69) is 30.0 Å². The van der Waals surface area contributed by atoms with Crippen LogP contribution in [0.25, 0.3) is 0 Å². The van der Waals surface area contributed by atoms with E-state index in [0.29, 0.717) is 11.3 Å². The van der Waals surface area contributed by atoms with Gasteiger partial charge in [0.25, 0.3) is 0 Å². The maximum atomic E-state index is 13.9. The Morgan fingerprint density at radius 2 is 1.69 bits per heavy atom. The summed E-state index contributed by atoms with van der Waals surface area (Å²) in [5.41, 5.74) is 8.13. The number of sulfonamides is 1. The molecule has 2 unspecified atom stereocenters. The number of nitrogens with zero attached hydrogens (tertiary/aromatic N) is 1. The van der Waals surface area contributed by atoms with Crippen LogP contribution in [-0.4, -0.2) is 38.2 Å². The number of anilines is 2. The Labute approximate surface area is 189 Å². The van der Waals surface area contributed by atoms with Crippen molar-refractivity contribution in [2.75, 3.05) is 16.2 Å². The average Bonchev–Trinajstić information content (AvgIpc) is 3.07. The quantitative estimate of drug-likeness (QED) is 0.588. The van der Waals surface area contributed by atoms with E-state index in [4.69, 9.17) is 0 Å². The Hall–Kier alpha value is -2.49. The number of aryl methyl sites for hydroxylation is 1. The molecular weight excluding hydrogens is 431 g/mol. The first kappa shape index (κ1) is 24.2. The summed E-state index contributed by atoms with van der Waals surface area (Å²) < 4.78 is 42.3. The summed E-state index contributed by atoms with van der Waals surface area (Å²) in [6.07, 6.45) is 0. The minimum Gasteiger partial charge on any atom is -0.324 e. The summed E-state index contributed by atoms with van der Waals surface area (Å²) >= 11 is 0. The molecule has 32 heavy (non-hydrogen) atoms. The summed E-state index contributed by atoms with van der Waals surface area (Å²) in [4.78, 5) is 12.8. The number of amides is 1. The zero-order valence-electron chi connectivity index (χ0n) is 19.0. The van der Waals surface area contributed by atoms with Gasteiger partial charge in [-0.25, -0.2) is 12.8 Å². The predicted octanol–water partition coefficient (Wildman–Crippen LogP) is 3.29. The number of nitrogens with one attached hydrogen (secondary N) is 3. The lowest BCUT2D eigenvalue weighted by molar-refractivity contribution is -0.114. The van der Waals surface area contributed by atoms with Gasteiger partial charge in [0.05, 0.1) is 5.69 Å². The zero-order chi connectivity index (χ0) is 23.6. The lowest BCUT2D eigenvalue weighted by Gasteiger charge is -2.30. The van der Waals surface area contributed by atoms with Crippen LogP contribution in [-0.2, 0) is 14.8 Å². The zero-order valence-corrected chi connectivity index (χ0v) is 19.8. The maximum Gasteiger partial charge on any atom is 0.245 e. The number of halogens is 1. The van der Waals surface area contributed by atoms with Gasteiger partial charge in [0.15, 0.2) is 0 Å². The second kappa shape index (κ2) is 9.56. The molecule has 0 aromatic heterocycles. The van der Waals surface area contributed by atoms with Gasteiger partial charge in [-0.1, -0.05) is 32.0 Å². The molecule has 1 aliphatic heterocycles. The summed E-state index contributed by atoms with van der Waals surface area (Å²) in [7, 11) is -3.91. The van der Waals surface area contributed by atoms with Gasteiger partial charge >= 0.3 is 0 Å². The summed E-state index contributed by atoms with van der Waals surface area (Å²) in [5, 5.41) is 1.84. The van der Waals surface area contributed by atoms with Crippen molar-refractivity contribution >= 4 is 27.3 Å². The molecule has 0 radical (unpaired) electrons. The lowest BCUT2D eigenvalue weighted by atomic mass is 10.0. The van der Waals surface area contributed by atoms with E-state index >= 15 is 0 Å². The number of hydrogen-bond donors (Lipinski definition) is 3. The van der Waals surface area contributed by atoms with Crippen LogP contribution in [0.5, 0.6) is 0 Å². The minimum absolute atomic E-state index is 0.275. The maximum absolute atomic E-state index is 13.9. The number of carbonyl (C=O) groups excluding carboxylic acids is 1. The first-order chi connectivity index (χ1) is 15.0. The third kappa shape index (κ3) is 5.11. The molecule has 3 N–H and O–H groups in total. The van der Waals surface area contributed by atoms with Crippen LogP contribution in [0.4, 0.5) is 15.8 Å². The van der Waals surface area contributed by atoms with Gasteiger partial charge < -0.3 is 5.32 Å². The lowest BCUT2D eigenvalue weighted by Crippen LogP contribution is -2.49. The van der Waals surface area contributed by atoms with Gasteiger partial charge in [-0.2, -0.15) is 0 Å². The summed E-state index contributed by atoms with van der Waals surface area (Å²) in [5.74, 6) is -0.705. The van der Waals surface area contributed by atoms with E-state index in [1.165, 1.54) is 6.07 Å². The van der Waals surface area contributed by atoms with Crippen LogP contribution in [0, 0.1) is 12.7 Å². The molecule has 1 aliphatic rings. The Bertz CT molecular complexity index is 1060. The average molecular weight is 463 g/mol. The smallest absolute Gasteiger partial charge is 0.245 e. The predicted molar refractivity (Wildman–Crippen MR) is 126 cm³/mol. The van der Waals surface area contributed by atoms with Gasteiger partial charge in [-0.05, 0) is 62.1 Å². The molecule has 7 nitrogen and oxygen atoms in total. The molecule has 2 aromatic carbocycles. The monoisotopic (exact) mass is 462 g/mol. The molecule has 2 atom stereocenters. The van der Waals surface area contributed by atoms with Crippen LogP contribution in [0.2, 0.25) is 0 Å². The second-order valence-corrected chi connectivity index (χ2v) is 10.7. The molecule has 0 saturated carbocycles. The summed E-state index contributed by atoms with van der Waals surface area (Å²) in [6.45, 7) is 8.88. The fraction of sp³-hybridized carbons (Fsp3) is 0.435. The third-order valence-corrected chi connectivity index (χ3v) is 8.22. The number of hydrazine groups is 1. The molecule has 2 aromatic rings. The standard InChI is InChI=1S/C23H31FN4O3S/c1-14(2)18-7-10-20(11-8-18)28(32(30,31)23-16(4)26-27-17(23)5)13-22(29)25-19-9-6-15(3)21(24)12-19/h6-12,14,16-17,23,26-27H,13H2,1-5H3,(H,25,29). The molecule has 3 rings (SSSR count). The van der Waals surface area contributed by atoms with Crippen molar-refractivity contribution in [3.05, 3.63) is 59.4 Å². The van der Waals surface area contributed by atoms with Crippen molar-refractivity contribution in [2.24, 2.45) is 0 Å². The highest BCUT2D eigenvalue weighted by Gasteiger charge is 2.44. The van der Waals surface area contributed by atoms with Gasteiger partial charge in [-0.15, -0.1) is 0 Å². The van der Waals surface area contributed by atoms with Crippen LogP contribution < -0.4 is 20.5 Å². The molecule has 1 amide bonds. The van der Waals surface area contributed by atoms with Gasteiger partial charge in [0.2, 0.25) is 15.9 Å². The SMILES string of the molecule is Cc1ccc(NC(=O)CN(c2ccc(C(C)C)cc2)S(=O)(=O)C2C(C)NNC2C)cc1F. The van der Waals surface area contributed by atoms with Crippen LogP contribution in [0.3, 0.4) is 0 Å². The molecule has 0 spiro atoms. The fourth-order valence-electron chi connectivity index (χ4n) is 3.88. The molecule has 1 saturated heterocycles. The van der Waals surface area contributed by atoms with Crippen molar-refractivity contribution in [2.45, 2.75) is 57.9 Å². The molecule has 0 aliphatic carbocycles. The van der Waals surface area contributed by atoms with Gasteiger partial charge in [0, 0.05) is 17.8 Å². The van der Waals surface area contributed by atoms with Crippen LogP contribution in [0.1, 0.15) is 44.7 Å². The molecule has 174 valence electrons. The number of carbonyl (C=O) groups is 1. The van der Waals surface area contributed by atoms with Crippen LogP contribution >= 0.6 is 0 Å². The first-order valence-corrected chi connectivity index (χ1v) is 12.2. The third-order valence-electron chi connectivity index (χ3n) is 5.77. The van der Waals surface area contributed by atoms with E-state index in [9.17, 15) is 17.6 Å². The normalized spacial score (nSPS) is 21.0. The molecule has 0 bridgehead atoms. The Morgan fingerprint density at radius 3 is 2.22 bits per heavy atom. The fourth-order valence-corrected chi connectivity index (χ4v) is 6.05. The first-order valence-electron chi connectivity index (χ1n) is 10.7. The van der Waals surface area contributed by atoms with E-state index in [1.807, 2.05) is 12.1 Å². The topological polar surface area (TPSA) is 90.5 Å². The van der Waals surface area contributed by atoms with Crippen molar-refractivity contribution in [3.63, 3.8) is 0 Å². The van der Waals surface area contributed by atoms with Gasteiger partial charge in [-0.3, -0.25) is 20.0 Å². The highest BCUT2D eigenvalue weighted by atomic mass is 32.2. The Kier molecular flexibility index (Phi) is 7.22. The molecule has 1 fully saturated rings. The van der Waals surface area contributed by atoms with E-state index < -0.39 is 33.5 Å². The Balaban J connectivity index is 1.92. The largest absolute Gasteiger partial charge is 0.324 e. The van der Waals surface area contributed by atoms with E-state index in [-0.39, 0.29) is 23.7 Å². The van der Waals surface area contributed by atoms with Crippen molar-refractivity contribution < 1.29 is 17.6 Å². The van der Waals surface area contributed by atoms with E-state index in [1.54, 1.807) is 45.0 Å². The van der Waals surface area contributed by atoms with Gasteiger partial charge in [0.1, 0.15) is 17.6 Å². The van der Waals surface area contributed by atoms with E-state index in [0.717, 1.165) is 9.87 Å². The second-order valence-electron chi connectivity index (χ2n) is 8.64. The van der Waals surface area contributed by atoms with Crippen molar-refractivity contribution in [1.29, 1.82) is 0 Å². The highest BCUT2D eigenvalue weighted by molar-refractivity contribution is 7.93. The molecule has 9 heteroatoms. The number of hydrogen-bond acceptors (Lipinski definition) is 5.